The maximum atomic E-state index is 12.8. The van der Waals surface area contributed by atoms with Gasteiger partial charge in [-0.05, 0) is 81.3 Å². The van der Waals surface area contributed by atoms with E-state index in [2.05, 4.69) is 20.8 Å². The summed E-state index contributed by atoms with van der Waals surface area (Å²) in [7, 11) is 0. The van der Waals surface area contributed by atoms with Gasteiger partial charge >= 0.3 is 6.18 Å². The van der Waals surface area contributed by atoms with Crippen LogP contribution in [0.4, 0.5) is 13.2 Å². The molecule has 2 N–H and O–H groups in total. The van der Waals surface area contributed by atoms with Crippen LogP contribution in [0.25, 0.3) is 0 Å². The molecule has 5 atom stereocenters. The fourth-order valence-corrected chi connectivity index (χ4v) is 6.33. The molecule has 0 radical (unpaired) electrons. The summed E-state index contributed by atoms with van der Waals surface area (Å²) in [5.74, 6) is -1.99. The van der Waals surface area contributed by atoms with Gasteiger partial charge in [0.15, 0.2) is 6.61 Å². The molecule has 0 aromatic heterocycles. The van der Waals surface area contributed by atoms with Gasteiger partial charge in [0.05, 0.1) is 5.60 Å². The van der Waals surface area contributed by atoms with Crippen molar-refractivity contribution < 1.29 is 47.1 Å². The Balaban J connectivity index is 2.11. The maximum absolute atomic E-state index is 12.8. The average Bonchev–Trinajstić information content (AvgIpc) is 3.03. The number of benzene rings is 2. The Labute approximate surface area is 289 Å². The number of alkyl halides is 3. The first-order valence-electron chi connectivity index (χ1n) is 17.2. The molecule has 3 rings (SSSR count). The van der Waals surface area contributed by atoms with Crippen molar-refractivity contribution in [3.63, 3.8) is 0 Å². The van der Waals surface area contributed by atoms with Gasteiger partial charge in [0.25, 0.3) is 0 Å². The van der Waals surface area contributed by atoms with Gasteiger partial charge < -0.3 is 33.9 Å². The highest BCUT2D eigenvalue weighted by Crippen LogP contribution is 2.51. The molecule has 1 saturated heterocycles. The molecular formula is C37H54ClF3O7. The lowest BCUT2D eigenvalue weighted by Gasteiger charge is -2.59. The van der Waals surface area contributed by atoms with E-state index < -0.39 is 48.1 Å². The first kappa shape index (κ1) is 40.5. The van der Waals surface area contributed by atoms with E-state index in [1.54, 1.807) is 44.2 Å². The Morgan fingerprint density at radius 1 is 0.833 bits per heavy atom. The van der Waals surface area contributed by atoms with Crippen molar-refractivity contribution in [3.8, 4) is 5.75 Å². The number of hydrogen-bond donors (Lipinski definition) is 2. The van der Waals surface area contributed by atoms with Crippen molar-refractivity contribution >= 4 is 11.6 Å². The maximum Gasteiger partial charge on any atom is 0.422 e. The van der Waals surface area contributed by atoms with Crippen molar-refractivity contribution in [2.24, 2.45) is 0 Å². The SMILES string of the molecule is CCCCO[C@@H]1[C@@H](OCCCC)[C@](O)(c2ccc(Cl)c(Cc3ccc(OCC(F)(F)F)cc3)c2)O[C@](CC)(C(C)(C)O)[C@H]1OCCCC. The van der Waals surface area contributed by atoms with Crippen LogP contribution in [0, 0.1) is 0 Å². The topological polar surface area (TPSA) is 86.6 Å². The van der Waals surface area contributed by atoms with Crippen molar-refractivity contribution in [1.82, 2.24) is 0 Å². The second-order valence-electron chi connectivity index (χ2n) is 13.1. The second-order valence-corrected chi connectivity index (χ2v) is 13.5. The molecule has 7 nitrogen and oxygen atoms in total. The van der Waals surface area contributed by atoms with Crippen molar-refractivity contribution in [1.29, 1.82) is 0 Å². The molecule has 2 aromatic rings. The smallest absolute Gasteiger partial charge is 0.422 e. The van der Waals surface area contributed by atoms with Gasteiger partial charge in [0.1, 0.15) is 29.7 Å². The standard InChI is InChI=1S/C37H54ClF3O7/c1-7-11-20-44-31-32(45-21-12-8-2)35(10-4,34(5,6)42)48-37(43,33(31)46-22-13-9-3)28-16-19-30(38)27(24-28)23-26-14-17-29(18-15-26)47-25-36(39,40)41/h14-19,24,31-33,42-43H,7-13,20-23,25H2,1-6H3/t31-,32-,33+,35-,37-/m0/s1. The van der Waals surface area contributed by atoms with Gasteiger partial charge in [0, 0.05) is 30.4 Å². The molecule has 1 heterocycles. The Morgan fingerprint density at radius 2 is 1.40 bits per heavy atom. The summed E-state index contributed by atoms with van der Waals surface area (Å²) in [5.41, 5.74) is -1.09. The van der Waals surface area contributed by atoms with Crippen molar-refractivity contribution in [2.45, 2.75) is 134 Å². The van der Waals surface area contributed by atoms with E-state index in [9.17, 15) is 23.4 Å². The predicted octanol–water partition coefficient (Wildman–Crippen LogP) is 8.52. The van der Waals surface area contributed by atoms with E-state index in [0.29, 0.717) is 48.8 Å². The monoisotopic (exact) mass is 702 g/mol. The summed E-state index contributed by atoms with van der Waals surface area (Å²) in [6, 6.07) is 11.4. The summed E-state index contributed by atoms with van der Waals surface area (Å²) in [5, 5.41) is 25.1. The minimum atomic E-state index is -4.44. The van der Waals surface area contributed by atoms with E-state index in [-0.39, 0.29) is 5.75 Å². The first-order valence-corrected chi connectivity index (χ1v) is 17.6. The minimum Gasteiger partial charge on any atom is -0.484 e. The Bertz CT molecular complexity index is 1250. The van der Waals surface area contributed by atoms with E-state index in [1.807, 2.05) is 6.92 Å². The van der Waals surface area contributed by atoms with Crippen LogP contribution in [-0.2, 0) is 31.2 Å². The fraction of sp³-hybridized carbons (Fsp3) is 0.676. The molecular weight excluding hydrogens is 649 g/mol. The van der Waals surface area contributed by atoms with Gasteiger partial charge in [0.2, 0.25) is 5.79 Å². The largest absolute Gasteiger partial charge is 0.484 e. The third-order valence-electron chi connectivity index (χ3n) is 8.92. The quantitative estimate of drug-likeness (QED) is 0.142. The Hall–Kier alpha value is -1.92. The number of unbranched alkanes of at least 4 members (excludes halogenated alkanes) is 3. The highest BCUT2D eigenvalue weighted by atomic mass is 35.5. The van der Waals surface area contributed by atoms with Gasteiger partial charge in [-0.25, -0.2) is 0 Å². The molecule has 2 aromatic carbocycles. The van der Waals surface area contributed by atoms with Crippen LogP contribution in [0.3, 0.4) is 0 Å². The van der Waals surface area contributed by atoms with Gasteiger partial charge in [-0.1, -0.05) is 76.8 Å². The molecule has 0 spiro atoms. The van der Waals surface area contributed by atoms with E-state index in [0.717, 1.165) is 44.1 Å². The summed E-state index contributed by atoms with van der Waals surface area (Å²) in [4.78, 5) is 0. The summed E-state index contributed by atoms with van der Waals surface area (Å²) in [6.07, 6.45) is -1.39. The molecule has 0 aliphatic carbocycles. The summed E-state index contributed by atoms with van der Waals surface area (Å²) >= 11 is 6.68. The highest BCUT2D eigenvalue weighted by Gasteiger charge is 2.67. The average molecular weight is 703 g/mol. The fourth-order valence-electron chi connectivity index (χ4n) is 6.15. The Kier molecular flexibility index (Phi) is 15.1. The highest BCUT2D eigenvalue weighted by molar-refractivity contribution is 6.31. The lowest BCUT2D eigenvalue weighted by atomic mass is 9.71. The van der Waals surface area contributed by atoms with Crippen molar-refractivity contribution in [2.75, 3.05) is 26.4 Å². The molecule has 1 aliphatic rings. The zero-order valence-electron chi connectivity index (χ0n) is 29.2. The molecule has 0 amide bonds. The van der Waals surface area contributed by atoms with Crippen LogP contribution in [0.5, 0.6) is 5.75 Å². The zero-order chi connectivity index (χ0) is 35.6. The number of rotatable bonds is 19. The third kappa shape index (κ3) is 10.1. The molecule has 0 bridgehead atoms. The van der Waals surface area contributed by atoms with E-state index >= 15 is 0 Å². The van der Waals surface area contributed by atoms with Crippen LogP contribution in [0.15, 0.2) is 42.5 Å². The molecule has 11 heteroatoms. The number of halogens is 4. The second kappa shape index (κ2) is 17.8. The van der Waals surface area contributed by atoms with Gasteiger partial charge in [-0.3, -0.25) is 0 Å². The zero-order valence-corrected chi connectivity index (χ0v) is 30.0. The lowest BCUT2D eigenvalue weighted by molar-refractivity contribution is -0.423. The molecule has 1 aliphatic heterocycles. The molecule has 0 saturated carbocycles. The molecule has 0 unspecified atom stereocenters. The van der Waals surface area contributed by atoms with Gasteiger partial charge in [-0.2, -0.15) is 13.2 Å². The van der Waals surface area contributed by atoms with Crippen LogP contribution >= 0.6 is 11.6 Å². The van der Waals surface area contributed by atoms with E-state index in [1.165, 1.54) is 12.1 Å². The third-order valence-corrected chi connectivity index (χ3v) is 9.29. The van der Waals surface area contributed by atoms with Crippen LogP contribution in [-0.4, -0.2) is 72.3 Å². The van der Waals surface area contributed by atoms with Crippen molar-refractivity contribution in [3.05, 3.63) is 64.2 Å². The Morgan fingerprint density at radius 3 is 1.92 bits per heavy atom. The van der Waals surface area contributed by atoms with Gasteiger partial charge in [-0.15, -0.1) is 0 Å². The number of ether oxygens (including phenoxy) is 5. The normalized spacial score (nSPS) is 25.0. The summed E-state index contributed by atoms with van der Waals surface area (Å²) < 4.78 is 69.1. The first-order chi connectivity index (χ1) is 22.7. The van der Waals surface area contributed by atoms with E-state index in [4.69, 9.17) is 35.3 Å². The van der Waals surface area contributed by atoms with Crippen LogP contribution in [0.1, 0.15) is 103 Å². The molecule has 272 valence electrons. The number of aliphatic hydroxyl groups is 2. The predicted molar refractivity (Wildman–Crippen MR) is 180 cm³/mol. The van der Waals surface area contributed by atoms with Crippen LogP contribution < -0.4 is 4.74 Å². The van der Waals surface area contributed by atoms with Crippen LogP contribution in [0.2, 0.25) is 5.02 Å². The molecule has 48 heavy (non-hydrogen) atoms. The minimum absolute atomic E-state index is 0.0975. The molecule has 1 fully saturated rings. The lowest BCUT2D eigenvalue weighted by Crippen LogP contribution is -2.75. The summed E-state index contributed by atoms with van der Waals surface area (Å²) in [6.45, 7) is 11.2. The number of hydrogen-bond acceptors (Lipinski definition) is 7.